The SMILES string of the molecule is CC[C@H]1CN(S(=O)(=O)c2cccc(C#N)c2)CCO1. The van der Waals surface area contributed by atoms with E-state index in [1.165, 1.54) is 16.4 Å². The lowest BCUT2D eigenvalue weighted by Gasteiger charge is -2.31. The summed E-state index contributed by atoms with van der Waals surface area (Å²) >= 11 is 0. The molecule has 0 bridgehead atoms. The number of nitrogens with zero attached hydrogens (tertiary/aromatic N) is 2. The highest BCUT2D eigenvalue weighted by atomic mass is 32.2. The van der Waals surface area contributed by atoms with Crippen LogP contribution in [0.3, 0.4) is 0 Å². The van der Waals surface area contributed by atoms with Crippen molar-refractivity contribution < 1.29 is 13.2 Å². The topological polar surface area (TPSA) is 70.4 Å². The van der Waals surface area contributed by atoms with Crippen molar-refractivity contribution in [3.8, 4) is 6.07 Å². The smallest absolute Gasteiger partial charge is 0.243 e. The average molecular weight is 280 g/mol. The van der Waals surface area contributed by atoms with Gasteiger partial charge in [0.05, 0.1) is 29.2 Å². The molecule has 0 radical (unpaired) electrons. The molecule has 5 nitrogen and oxygen atoms in total. The van der Waals surface area contributed by atoms with Gasteiger partial charge < -0.3 is 4.74 Å². The van der Waals surface area contributed by atoms with Gasteiger partial charge in [-0.15, -0.1) is 0 Å². The molecule has 2 rings (SSSR count). The highest BCUT2D eigenvalue weighted by Gasteiger charge is 2.30. The second kappa shape index (κ2) is 5.70. The van der Waals surface area contributed by atoms with E-state index in [4.69, 9.17) is 10.00 Å². The molecule has 1 aliphatic heterocycles. The van der Waals surface area contributed by atoms with Crippen molar-refractivity contribution in [2.75, 3.05) is 19.7 Å². The largest absolute Gasteiger partial charge is 0.375 e. The molecule has 19 heavy (non-hydrogen) atoms. The zero-order chi connectivity index (χ0) is 13.9. The van der Waals surface area contributed by atoms with Gasteiger partial charge in [-0.05, 0) is 24.6 Å². The lowest BCUT2D eigenvalue weighted by atomic mass is 10.2. The third-order valence-corrected chi connectivity index (χ3v) is 5.02. The molecule has 0 amide bonds. The van der Waals surface area contributed by atoms with E-state index < -0.39 is 10.0 Å². The van der Waals surface area contributed by atoms with Gasteiger partial charge in [-0.3, -0.25) is 0 Å². The number of rotatable bonds is 3. The van der Waals surface area contributed by atoms with E-state index in [0.717, 1.165) is 6.42 Å². The highest BCUT2D eigenvalue weighted by molar-refractivity contribution is 7.89. The molecule has 1 atom stereocenters. The van der Waals surface area contributed by atoms with Gasteiger partial charge in [0, 0.05) is 13.1 Å². The molecule has 1 aromatic carbocycles. The van der Waals surface area contributed by atoms with Crippen LogP contribution in [0.5, 0.6) is 0 Å². The lowest BCUT2D eigenvalue weighted by molar-refractivity contribution is -0.00277. The van der Waals surface area contributed by atoms with Crippen LogP contribution in [-0.2, 0) is 14.8 Å². The number of hydrogen-bond acceptors (Lipinski definition) is 4. The first-order valence-corrected chi connectivity index (χ1v) is 7.64. The number of benzene rings is 1. The molecule has 0 saturated carbocycles. The first kappa shape index (κ1) is 14.0. The van der Waals surface area contributed by atoms with E-state index in [1.54, 1.807) is 12.1 Å². The molecule has 1 fully saturated rings. The van der Waals surface area contributed by atoms with Gasteiger partial charge in [-0.2, -0.15) is 9.57 Å². The minimum absolute atomic E-state index is 0.0531. The minimum Gasteiger partial charge on any atom is -0.375 e. The molecule has 1 aliphatic rings. The maximum Gasteiger partial charge on any atom is 0.243 e. The summed E-state index contributed by atoms with van der Waals surface area (Å²) in [7, 11) is -3.54. The first-order chi connectivity index (χ1) is 9.07. The van der Waals surface area contributed by atoms with Crippen LogP contribution in [0.25, 0.3) is 0 Å². The highest BCUT2D eigenvalue weighted by Crippen LogP contribution is 2.20. The Hall–Kier alpha value is -1.42. The Morgan fingerprint density at radius 2 is 2.32 bits per heavy atom. The van der Waals surface area contributed by atoms with E-state index in [1.807, 2.05) is 13.0 Å². The third kappa shape index (κ3) is 2.95. The molecule has 0 unspecified atom stereocenters. The van der Waals surface area contributed by atoms with Gasteiger partial charge in [0.25, 0.3) is 0 Å². The van der Waals surface area contributed by atoms with Gasteiger partial charge in [0.1, 0.15) is 0 Å². The Bertz CT molecular complexity index is 592. The van der Waals surface area contributed by atoms with Gasteiger partial charge >= 0.3 is 0 Å². The molecule has 0 aromatic heterocycles. The summed E-state index contributed by atoms with van der Waals surface area (Å²) in [5, 5.41) is 8.84. The van der Waals surface area contributed by atoms with Gasteiger partial charge in [-0.25, -0.2) is 8.42 Å². The zero-order valence-corrected chi connectivity index (χ0v) is 11.6. The van der Waals surface area contributed by atoms with Crippen LogP contribution in [0.1, 0.15) is 18.9 Å². The Balaban J connectivity index is 2.29. The van der Waals surface area contributed by atoms with Crippen molar-refractivity contribution in [1.29, 1.82) is 5.26 Å². The normalized spacial score (nSPS) is 20.9. The monoisotopic (exact) mass is 280 g/mol. The molecule has 0 aliphatic carbocycles. The Morgan fingerprint density at radius 3 is 3.00 bits per heavy atom. The number of morpholine rings is 1. The number of hydrogen-bond donors (Lipinski definition) is 0. The van der Waals surface area contributed by atoms with Crippen LogP contribution < -0.4 is 0 Å². The summed E-state index contributed by atoms with van der Waals surface area (Å²) in [5.74, 6) is 0. The predicted octanol–water partition coefficient (Wildman–Crippen LogP) is 1.36. The maximum absolute atomic E-state index is 12.5. The minimum atomic E-state index is -3.54. The zero-order valence-electron chi connectivity index (χ0n) is 10.7. The summed E-state index contributed by atoms with van der Waals surface area (Å²) in [6.07, 6.45) is 0.729. The molecule has 1 aromatic rings. The number of nitriles is 1. The molecule has 0 N–H and O–H groups in total. The van der Waals surface area contributed by atoms with Crippen molar-refractivity contribution in [2.24, 2.45) is 0 Å². The van der Waals surface area contributed by atoms with Crippen molar-refractivity contribution in [2.45, 2.75) is 24.3 Å². The standard InChI is InChI=1S/C13H16N2O3S/c1-2-12-10-15(6-7-18-12)19(16,17)13-5-3-4-11(8-13)9-14/h3-5,8,12H,2,6-7,10H2,1H3/t12-/m0/s1. The number of ether oxygens (including phenoxy) is 1. The summed E-state index contributed by atoms with van der Waals surface area (Å²) in [5.41, 5.74) is 0.348. The quantitative estimate of drug-likeness (QED) is 0.838. The van der Waals surface area contributed by atoms with Crippen LogP contribution in [0.2, 0.25) is 0 Å². The Morgan fingerprint density at radius 1 is 1.53 bits per heavy atom. The van der Waals surface area contributed by atoms with E-state index in [-0.39, 0.29) is 11.0 Å². The van der Waals surface area contributed by atoms with Crippen molar-refractivity contribution in [3.63, 3.8) is 0 Å². The van der Waals surface area contributed by atoms with Crippen LogP contribution in [0.15, 0.2) is 29.2 Å². The summed E-state index contributed by atoms with van der Waals surface area (Å²) < 4.78 is 31.9. The van der Waals surface area contributed by atoms with Gasteiger partial charge in [0.15, 0.2) is 0 Å². The maximum atomic E-state index is 12.5. The van der Waals surface area contributed by atoms with Crippen molar-refractivity contribution in [3.05, 3.63) is 29.8 Å². The second-order valence-electron chi connectivity index (χ2n) is 4.40. The molecular weight excluding hydrogens is 264 g/mol. The molecule has 1 heterocycles. The average Bonchev–Trinajstić information content (AvgIpc) is 2.47. The molecule has 0 spiro atoms. The third-order valence-electron chi connectivity index (χ3n) is 3.16. The van der Waals surface area contributed by atoms with Gasteiger partial charge in [0.2, 0.25) is 10.0 Å². The second-order valence-corrected chi connectivity index (χ2v) is 6.34. The van der Waals surface area contributed by atoms with Crippen molar-refractivity contribution >= 4 is 10.0 Å². The summed E-state index contributed by atoms with van der Waals surface area (Å²) in [4.78, 5) is 0.170. The first-order valence-electron chi connectivity index (χ1n) is 6.20. The van der Waals surface area contributed by atoms with Crippen LogP contribution in [0, 0.1) is 11.3 Å². The fraction of sp³-hybridized carbons (Fsp3) is 0.462. The number of sulfonamides is 1. The lowest BCUT2D eigenvalue weighted by Crippen LogP contribution is -2.45. The molecule has 102 valence electrons. The Kier molecular flexibility index (Phi) is 4.20. The molecule has 6 heteroatoms. The summed E-state index contributed by atoms with van der Waals surface area (Å²) in [6, 6.07) is 8.06. The molecular formula is C13H16N2O3S. The van der Waals surface area contributed by atoms with E-state index >= 15 is 0 Å². The summed E-state index contributed by atoms with van der Waals surface area (Å²) in [6.45, 7) is 3.11. The van der Waals surface area contributed by atoms with Crippen LogP contribution in [-0.4, -0.2) is 38.5 Å². The predicted molar refractivity (Wildman–Crippen MR) is 69.9 cm³/mol. The van der Waals surface area contributed by atoms with E-state index in [9.17, 15) is 8.42 Å². The fourth-order valence-corrected chi connectivity index (χ4v) is 3.53. The van der Waals surface area contributed by atoms with Crippen molar-refractivity contribution in [1.82, 2.24) is 4.31 Å². The van der Waals surface area contributed by atoms with Crippen LogP contribution in [0.4, 0.5) is 0 Å². The van der Waals surface area contributed by atoms with Crippen LogP contribution >= 0.6 is 0 Å². The molecule has 1 saturated heterocycles. The Labute approximate surface area is 113 Å². The van der Waals surface area contributed by atoms with Gasteiger partial charge in [-0.1, -0.05) is 13.0 Å². The van der Waals surface area contributed by atoms with E-state index in [2.05, 4.69) is 0 Å². The fourth-order valence-electron chi connectivity index (χ4n) is 2.03. The van der Waals surface area contributed by atoms with E-state index in [0.29, 0.717) is 25.3 Å².